The van der Waals surface area contributed by atoms with Gasteiger partial charge in [-0.3, -0.25) is 4.79 Å². The molecule has 0 aromatic heterocycles. The fourth-order valence-corrected chi connectivity index (χ4v) is 5.33. The van der Waals surface area contributed by atoms with Crippen molar-refractivity contribution in [3.05, 3.63) is 101 Å². The molecule has 5 nitrogen and oxygen atoms in total. The Balaban J connectivity index is 1.50. The molecule has 0 N–H and O–H groups in total. The molecule has 1 amide bonds. The summed E-state index contributed by atoms with van der Waals surface area (Å²) >= 11 is 0. The van der Waals surface area contributed by atoms with Gasteiger partial charge in [-0.05, 0) is 54.3 Å². The van der Waals surface area contributed by atoms with Crippen LogP contribution in [-0.4, -0.2) is 36.6 Å². The summed E-state index contributed by atoms with van der Waals surface area (Å²) in [7, 11) is -3.61. The van der Waals surface area contributed by atoms with Gasteiger partial charge in [0.1, 0.15) is 0 Å². The average molecular weight is 435 g/mol. The van der Waals surface area contributed by atoms with Gasteiger partial charge in [0.2, 0.25) is 10.0 Å². The van der Waals surface area contributed by atoms with Crippen LogP contribution in [0, 0.1) is 0 Å². The van der Waals surface area contributed by atoms with E-state index in [9.17, 15) is 13.2 Å². The summed E-state index contributed by atoms with van der Waals surface area (Å²) in [5.41, 5.74) is 3.79. The van der Waals surface area contributed by atoms with Crippen molar-refractivity contribution in [1.82, 2.24) is 9.21 Å². The number of benzene rings is 3. The Morgan fingerprint density at radius 3 is 2.23 bits per heavy atom. The standard InChI is InChI=1S/C25H26N2O3S/c1-2-26(18-20-8-4-3-5-9-20)25(28)22-12-14-24(15-13-22)31(29,30)27-17-16-21-10-6-7-11-23(21)19-27/h3-15H,2,16-19H2,1H3. The first kappa shape index (κ1) is 21.3. The molecule has 0 radical (unpaired) electrons. The molecule has 31 heavy (non-hydrogen) atoms. The Bertz CT molecular complexity index is 1160. The smallest absolute Gasteiger partial charge is 0.254 e. The normalized spacial score (nSPS) is 14.1. The zero-order valence-corrected chi connectivity index (χ0v) is 18.4. The van der Waals surface area contributed by atoms with E-state index >= 15 is 0 Å². The molecule has 1 aliphatic heterocycles. The van der Waals surface area contributed by atoms with Gasteiger partial charge in [0.05, 0.1) is 4.90 Å². The number of hydrogen-bond donors (Lipinski definition) is 0. The van der Waals surface area contributed by atoms with Crippen molar-refractivity contribution in [3.63, 3.8) is 0 Å². The summed E-state index contributed by atoms with van der Waals surface area (Å²) in [5.74, 6) is -0.109. The van der Waals surface area contributed by atoms with Crippen LogP contribution in [0.15, 0.2) is 83.8 Å². The van der Waals surface area contributed by atoms with Crippen molar-refractivity contribution >= 4 is 15.9 Å². The van der Waals surface area contributed by atoms with Gasteiger partial charge in [-0.25, -0.2) is 8.42 Å². The Morgan fingerprint density at radius 2 is 1.55 bits per heavy atom. The van der Waals surface area contributed by atoms with Crippen LogP contribution in [0.3, 0.4) is 0 Å². The molecule has 0 spiro atoms. The summed E-state index contributed by atoms with van der Waals surface area (Å²) in [6, 6.07) is 24.1. The zero-order valence-electron chi connectivity index (χ0n) is 17.6. The number of rotatable bonds is 6. The van der Waals surface area contributed by atoms with Gasteiger partial charge in [-0.2, -0.15) is 4.31 Å². The zero-order chi connectivity index (χ0) is 21.8. The number of nitrogens with zero attached hydrogens (tertiary/aromatic N) is 2. The average Bonchev–Trinajstić information content (AvgIpc) is 2.82. The van der Waals surface area contributed by atoms with E-state index in [4.69, 9.17) is 0 Å². The molecule has 160 valence electrons. The van der Waals surface area contributed by atoms with Gasteiger partial charge in [-0.1, -0.05) is 54.6 Å². The monoisotopic (exact) mass is 434 g/mol. The van der Waals surface area contributed by atoms with E-state index in [2.05, 4.69) is 6.07 Å². The first-order chi connectivity index (χ1) is 15.0. The third-order valence-electron chi connectivity index (χ3n) is 5.72. The van der Waals surface area contributed by atoms with Crippen molar-refractivity contribution in [1.29, 1.82) is 0 Å². The molecule has 0 atom stereocenters. The largest absolute Gasteiger partial charge is 0.335 e. The maximum atomic E-state index is 13.1. The fraction of sp³-hybridized carbons (Fsp3) is 0.240. The van der Waals surface area contributed by atoms with Crippen molar-refractivity contribution in [2.45, 2.75) is 31.3 Å². The second kappa shape index (κ2) is 9.04. The lowest BCUT2D eigenvalue weighted by Gasteiger charge is -2.28. The van der Waals surface area contributed by atoms with Crippen molar-refractivity contribution < 1.29 is 13.2 Å². The first-order valence-electron chi connectivity index (χ1n) is 10.5. The Kier molecular flexibility index (Phi) is 6.20. The molecule has 6 heteroatoms. The Morgan fingerprint density at radius 1 is 0.903 bits per heavy atom. The SMILES string of the molecule is CCN(Cc1ccccc1)C(=O)c1ccc(S(=O)(=O)N2CCc3ccccc3C2)cc1. The summed E-state index contributed by atoms with van der Waals surface area (Å²) in [6.45, 7) is 3.86. The quantitative estimate of drug-likeness (QED) is 0.587. The minimum absolute atomic E-state index is 0.109. The van der Waals surface area contributed by atoms with Crippen LogP contribution in [0.4, 0.5) is 0 Å². The third kappa shape index (κ3) is 4.55. The van der Waals surface area contributed by atoms with Crippen LogP contribution in [-0.2, 0) is 29.5 Å². The molecule has 0 saturated carbocycles. The summed E-state index contributed by atoms with van der Waals surface area (Å²) in [4.78, 5) is 14.9. The lowest BCUT2D eigenvalue weighted by Crippen LogP contribution is -2.36. The van der Waals surface area contributed by atoms with E-state index in [-0.39, 0.29) is 10.8 Å². The van der Waals surface area contributed by atoms with E-state index < -0.39 is 10.0 Å². The van der Waals surface area contributed by atoms with E-state index in [1.165, 1.54) is 9.87 Å². The van der Waals surface area contributed by atoms with Crippen LogP contribution >= 0.6 is 0 Å². The number of carbonyl (C=O) groups excluding carboxylic acids is 1. The van der Waals surface area contributed by atoms with E-state index in [0.717, 1.165) is 11.1 Å². The highest BCUT2D eigenvalue weighted by Gasteiger charge is 2.28. The number of hydrogen-bond acceptors (Lipinski definition) is 3. The van der Waals surface area contributed by atoms with E-state index in [1.807, 2.05) is 55.5 Å². The first-order valence-corrected chi connectivity index (χ1v) is 11.9. The molecule has 1 aliphatic rings. The molecule has 1 heterocycles. The molecular weight excluding hydrogens is 408 g/mol. The molecule has 0 bridgehead atoms. The molecule has 3 aromatic carbocycles. The highest BCUT2D eigenvalue weighted by Crippen LogP contribution is 2.25. The highest BCUT2D eigenvalue weighted by atomic mass is 32.2. The van der Waals surface area contributed by atoms with Gasteiger partial charge in [0.15, 0.2) is 0 Å². The minimum atomic E-state index is -3.61. The van der Waals surface area contributed by atoms with Gasteiger partial charge >= 0.3 is 0 Å². The van der Waals surface area contributed by atoms with Gasteiger partial charge in [0, 0.05) is 31.7 Å². The van der Waals surface area contributed by atoms with Gasteiger partial charge in [-0.15, -0.1) is 0 Å². The van der Waals surface area contributed by atoms with Crippen molar-refractivity contribution in [2.75, 3.05) is 13.1 Å². The number of carbonyl (C=O) groups is 1. The second-order valence-corrected chi connectivity index (χ2v) is 9.62. The van der Waals surface area contributed by atoms with E-state index in [0.29, 0.717) is 38.2 Å². The van der Waals surface area contributed by atoms with Crippen molar-refractivity contribution in [2.24, 2.45) is 0 Å². The molecule has 0 unspecified atom stereocenters. The van der Waals surface area contributed by atoms with Crippen LogP contribution < -0.4 is 0 Å². The third-order valence-corrected chi connectivity index (χ3v) is 7.58. The predicted octanol–water partition coefficient (Wildman–Crippen LogP) is 4.10. The predicted molar refractivity (Wildman–Crippen MR) is 121 cm³/mol. The minimum Gasteiger partial charge on any atom is -0.335 e. The molecule has 3 aromatic rings. The molecule has 4 rings (SSSR count). The topological polar surface area (TPSA) is 57.7 Å². The number of sulfonamides is 1. The molecule has 0 aliphatic carbocycles. The maximum Gasteiger partial charge on any atom is 0.254 e. The lowest BCUT2D eigenvalue weighted by atomic mass is 10.0. The Labute approximate surface area is 184 Å². The van der Waals surface area contributed by atoms with Crippen LogP contribution in [0.5, 0.6) is 0 Å². The van der Waals surface area contributed by atoms with Gasteiger partial charge in [0.25, 0.3) is 5.91 Å². The van der Waals surface area contributed by atoms with Crippen molar-refractivity contribution in [3.8, 4) is 0 Å². The van der Waals surface area contributed by atoms with Crippen LogP contribution in [0.1, 0.15) is 34.0 Å². The lowest BCUT2D eigenvalue weighted by molar-refractivity contribution is 0.0752. The maximum absolute atomic E-state index is 13.1. The summed E-state index contributed by atoms with van der Waals surface area (Å²) < 4.78 is 27.8. The Hall–Kier alpha value is -2.96. The molecular formula is C25H26N2O3S. The fourth-order valence-electron chi connectivity index (χ4n) is 3.91. The number of fused-ring (bicyclic) bond motifs is 1. The number of amides is 1. The summed E-state index contributed by atoms with van der Waals surface area (Å²) in [5, 5.41) is 0. The van der Waals surface area contributed by atoms with Crippen LogP contribution in [0.2, 0.25) is 0 Å². The van der Waals surface area contributed by atoms with Gasteiger partial charge < -0.3 is 4.90 Å². The molecule has 0 saturated heterocycles. The summed E-state index contributed by atoms with van der Waals surface area (Å²) in [6.07, 6.45) is 0.705. The van der Waals surface area contributed by atoms with E-state index in [1.54, 1.807) is 29.2 Å². The highest BCUT2D eigenvalue weighted by molar-refractivity contribution is 7.89. The molecule has 0 fully saturated rings. The van der Waals surface area contributed by atoms with Crippen LogP contribution in [0.25, 0.3) is 0 Å². The second-order valence-electron chi connectivity index (χ2n) is 7.69.